The molecule has 0 amide bonds. The number of nitrogens with zero attached hydrogens (tertiary/aromatic N) is 2. The van der Waals surface area contributed by atoms with Gasteiger partial charge in [-0.2, -0.15) is 0 Å². The summed E-state index contributed by atoms with van der Waals surface area (Å²) in [7, 11) is 1.64. The lowest BCUT2D eigenvalue weighted by atomic mass is 10.4. The minimum Gasteiger partial charge on any atom is -0.330 e. The minimum absolute atomic E-state index is 0.689. The zero-order valence-electron chi connectivity index (χ0n) is 5.09. The Bertz CT molecular complexity index is 91.8. The molecule has 0 rings (SSSR count). The van der Waals surface area contributed by atoms with E-state index in [0.29, 0.717) is 6.54 Å². The average Bonchev–Trinajstić information content (AvgIpc) is 1.81. The van der Waals surface area contributed by atoms with Crippen LogP contribution in [0.2, 0.25) is 0 Å². The summed E-state index contributed by atoms with van der Waals surface area (Å²) in [5, 5.41) is 0. The van der Waals surface area contributed by atoms with E-state index >= 15 is 0 Å². The van der Waals surface area contributed by atoms with E-state index in [-0.39, 0.29) is 0 Å². The van der Waals surface area contributed by atoms with E-state index < -0.39 is 0 Å². The first kappa shape index (κ1) is 7.34. The van der Waals surface area contributed by atoms with E-state index in [9.17, 15) is 0 Å². The molecule has 0 saturated carbocycles. The smallest absolute Gasteiger partial charge is 0.0889 e. The molecule has 0 heterocycles. The minimum atomic E-state index is 0.689. The van der Waals surface area contributed by atoms with Gasteiger partial charge in [-0.05, 0) is 13.0 Å². The second-order valence-corrected chi connectivity index (χ2v) is 1.35. The maximum atomic E-state index is 5.19. The van der Waals surface area contributed by atoms with Crippen LogP contribution in [0.1, 0.15) is 6.42 Å². The van der Waals surface area contributed by atoms with Gasteiger partial charge >= 0.3 is 0 Å². The van der Waals surface area contributed by atoms with Crippen molar-refractivity contribution in [1.82, 2.24) is 0 Å². The first-order valence-corrected chi connectivity index (χ1v) is 2.62. The molecule has 2 N–H and O–H groups in total. The van der Waals surface area contributed by atoms with Gasteiger partial charge in [-0.1, -0.05) is 0 Å². The molecule has 0 aromatic heterocycles. The molecule has 8 heavy (non-hydrogen) atoms. The molecule has 0 radical (unpaired) electrons. The standard InChI is InChI=1S/C5H11N3/c1-7-5-8-4-2-3-6/h2-4,6H2,1H3. The van der Waals surface area contributed by atoms with Crippen molar-refractivity contribution in [3.05, 3.63) is 0 Å². The summed E-state index contributed by atoms with van der Waals surface area (Å²) in [5.41, 5.74) is 5.19. The van der Waals surface area contributed by atoms with Gasteiger partial charge in [0.05, 0.1) is 12.6 Å². The second-order valence-electron chi connectivity index (χ2n) is 1.35. The van der Waals surface area contributed by atoms with Crippen LogP contribution in [0.15, 0.2) is 9.98 Å². The Hall–Kier alpha value is -0.660. The largest absolute Gasteiger partial charge is 0.330 e. The Kier molecular flexibility index (Phi) is 5.82. The van der Waals surface area contributed by atoms with Gasteiger partial charge in [0, 0.05) is 7.05 Å². The van der Waals surface area contributed by atoms with Gasteiger partial charge in [0.25, 0.3) is 0 Å². The second kappa shape index (κ2) is 6.34. The molecule has 0 spiro atoms. The summed E-state index contributed by atoms with van der Waals surface area (Å²) >= 11 is 0. The van der Waals surface area contributed by atoms with Gasteiger partial charge in [0.1, 0.15) is 0 Å². The van der Waals surface area contributed by atoms with Crippen LogP contribution in [0.25, 0.3) is 0 Å². The van der Waals surface area contributed by atoms with Crippen molar-refractivity contribution in [3.8, 4) is 0 Å². The summed E-state index contributed by atoms with van der Waals surface area (Å²) in [6, 6.07) is 2.48. The molecule has 0 aliphatic carbocycles. The third-order valence-electron chi connectivity index (χ3n) is 0.645. The highest BCUT2D eigenvalue weighted by Crippen LogP contribution is 1.72. The van der Waals surface area contributed by atoms with Crippen LogP contribution in [-0.2, 0) is 0 Å². The van der Waals surface area contributed by atoms with Gasteiger partial charge in [0.15, 0.2) is 0 Å². The Balaban J connectivity index is 3.04. The topological polar surface area (TPSA) is 50.7 Å². The van der Waals surface area contributed by atoms with E-state index in [4.69, 9.17) is 5.73 Å². The molecule has 0 atom stereocenters. The van der Waals surface area contributed by atoms with Crippen LogP contribution in [0.3, 0.4) is 0 Å². The van der Waals surface area contributed by atoms with Gasteiger partial charge in [-0.3, -0.25) is 0 Å². The van der Waals surface area contributed by atoms with E-state index in [0.717, 1.165) is 13.0 Å². The molecule has 0 saturated heterocycles. The SMILES string of the molecule is CN=C=NCCCN. The van der Waals surface area contributed by atoms with Crippen molar-refractivity contribution in [2.24, 2.45) is 15.7 Å². The molecule has 0 aromatic rings. The van der Waals surface area contributed by atoms with Gasteiger partial charge in [-0.15, -0.1) is 0 Å². The Morgan fingerprint density at radius 2 is 2.38 bits per heavy atom. The third-order valence-corrected chi connectivity index (χ3v) is 0.645. The fourth-order valence-corrected chi connectivity index (χ4v) is 0.291. The zero-order valence-corrected chi connectivity index (χ0v) is 5.09. The molecule has 3 nitrogen and oxygen atoms in total. The van der Waals surface area contributed by atoms with Crippen LogP contribution >= 0.6 is 0 Å². The Labute approximate surface area is 49.3 Å². The molecule has 46 valence electrons. The summed E-state index contributed by atoms with van der Waals surface area (Å²) in [6.45, 7) is 1.43. The summed E-state index contributed by atoms with van der Waals surface area (Å²) < 4.78 is 0. The van der Waals surface area contributed by atoms with Crippen LogP contribution in [0.5, 0.6) is 0 Å². The number of hydrogen-bond acceptors (Lipinski definition) is 3. The fourth-order valence-electron chi connectivity index (χ4n) is 0.291. The molecular weight excluding hydrogens is 102 g/mol. The van der Waals surface area contributed by atoms with E-state index in [1.54, 1.807) is 7.05 Å². The number of aliphatic imine (C=N–C) groups is 2. The van der Waals surface area contributed by atoms with E-state index in [1.165, 1.54) is 0 Å². The highest BCUT2D eigenvalue weighted by molar-refractivity contribution is 5.40. The number of rotatable bonds is 3. The lowest BCUT2D eigenvalue weighted by molar-refractivity contribution is 0.847. The van der Waals surface area contributed by atoms with Crippen molar-refractivity contribution in [2.75, 3.05) is 20.1 Å². The maximum Gasteiger partial charge on any atom is 0.0889 e. The molecular formula is C5H11N3. The van der Waals surface area contributed by atoms with E-state index in [2.05, 4.69) is 16.0 Å². The van der Waals surface area contributed by atoms with Crippen molar-refractivity contribution >= 4 is 6.01 Å². The summed E-state index contributed by atoms with van der Waals surface area (Å²) in [6.07, 6.45) is 0.919. The number of hydrogen-bond donors (Lipinski definition) is 1. The molecule has 0 unspecified atom stereocenters. The quantitative estimate of drug-likeness (QED) is 0.410. The lowest BCUT2D eigenvalue weighted by Gasteiger charge is -1.82. The van der Waals surface area contributed by atoms with Gasteiger partial charge in [0.2, 0.25) is 0 Å². The van der Waals surface area contributed by atoms with Crippen molar-refractivity contribution in [1.29, 1.82) is 0 Å². The lowest BCUT2D eigenvalue weighted by Crippen LogP contribution is -1.99. The Morgan fingerprint density at radius 3 is 2.88 bits per heavy atom. The predicted octanol–water partition coefficient (Wildman–Crippen LogP) is 0.139. The predicted molar refractivity (Wildman–Crippen MR) is 34.3 cm³/mol. The van der Waals surface area contributed by atoms with Crippen LogP contribution in [-0.4, -0.2) is 26.1 Å². The first-order chi connectivity index (χ1) is 3.91. The van der Waals surface area contributed by atoms with Crippen molar-refractivity contribution in [2.45, 2.75) is 6.42 Å². The molecule has 0 aliphatic heterocycles. The highest BCUT2D eigenvalue weighted by atomic mass is 14.8. The van der Waals surface area contributed by atoms with Gasteiger partial charge < -0.3 is 5.73 Å². The van der Waals surface area contributed by atoms with Crippen molar-refractivity contribution < 1.29 is 0 Å². The molecule has 0 aromatic carbocycles. The van der Waals surface area contributed by atoms with Crippen LogP contribution in [0, 0.1) is 0 Å². The zero-order chi connectivity index (χ0) is 6.24. The normalized spacial score (nSPS) is 7.75. The van der Waals surface area contributed by atoms with Crippen LogP contribution in [0.4, 0.5) is 0 Å². The monoisotopic (exact) mass is 113 g/mol. The highest BCUT2D eigenvalue weighted by Gasteiger charge is 1.74. The summed E-state index contributed by atoms with van der Waals surface area (Å²) in [4.78, 5) is 7.33. The van der Waals surface area contributed by atoms with E-state index in [1.807, 2.05) is 0 Å². The Morgan fingerprint density at radius 1 is 1.62 bits per heavy atom. The maximum absolute atomic E-state index is 5.19. The molecule has 0 aliphatic rings. The fraction of sp³-hybridized carbons (Fsp3) is 0.800. The van der Waals surface area contributed by atoms with Crippen LogP contribution < -0.4 is 5.73 Å². The summed E-state index contributed by atoms with van der Waals surface area (Å²) in [5.74, 6) is 0. The van der Waals surface area contributed by atoms with Gasteiger partial charge in [-0.25, -0.2) is 9.98 Å². The molecule has 0 fully saturated rings. The molecule has 0 bridgehead atoms. The van der Waals surface area contributed by atoms with Crippen molar-refractivity contribution in [3.63, 3.8) is 0 Å². The average molecular weight is 113 g/mol. The number of nitrogens with two attached hydrogens (primary N) is 1. The first-order valence-electron chi connectivity index (χ1n) is 2.62. The molecule has 3 heteroatoms. The third kappa shape index (κ3) is 5.34.